The highest BCUT2D eigenvalue weighted by Gasteiger charge is 2.51. The number of carbonyl (C=O) groups excluding carboxylic acids is 4. The molecule has 1 fully saturated rings. The summed E-state index contributed by atoms with van der Waals surface area (Å²) in [5.41, 5.74) is 3.15. The molecule has 4 aromatic rings. The van der Waals surface area contributed by atoms with Gasteiger partial charge in [0.2, 0.25) is 5.91 Å². The molecule has 2 amide bonds. The van der Waals surface area contributed by atoms with E-state index in [0.29, 0.717) is 32.5 Å². The number of carbonyl (C=O) groups is 4. The molecule has 0 radical (unpaired) electrons. The number of ketones is 1. The monoisotopic (exact) mass is 862 g/mol. The van der Waals surface area contributed by atoms with Gasteiger partial charge in [-0.3, -0.25) is 14.4 Å². The van der Waals surface area contributed by atoms with Crippen LogP contribution in [0.3, 0.4) is 0 Å². The van der Waals surface area contributed by atoms with Crippen LogP contribution in [0.25, 0.3) is 0 Å². The van der Waals surface area contributed by atoms with Crippen LogP contribution in [0, 0.1) is 11.8 Å². The summed E-state index contributed by atoms with van der Waals surface area (Å²) in [6.45, 7) is 10.7. The molecule has 4 aromatic carbocycles. The average molecular weight is 863 g/mol. The summed E-state index contributed by atoms with van der Waals surface area (Å²) in [5, 5.41) is 5.52. The number of hydrogen-bond donors (Lipinski definition) is 2. The predicted molar refractivity (Wildman–Crippen MR) is 242 cm³/mol. The summed E-state index contributed by atoms with van der Waals surface area (Å²) < 4.78 is 31.4. The summed E-state index contributed by atoms with van der Waals surface area (Å²) in [5.74, 6) is -1.95. The number of rotatable bonds is 24. The Balaban J connectivity index is 1.20. The predicted octanol–water partition coefficient (Wildman–Crippen LogP) is 9.45. The molecular weight excluding hydrogens is 797 g/mol. The zero-order valence-corrected chi connectivity index (χ0v) is 37.5. The number of alkyl carbamates (subject to hydrolysis) is 1. The van der Waals surface area contributed by atoms with Crippen molar-refractivity contribution < 1.29 is 42.9 Å². The van der Waals surface area contributed by atoms with Gasteiger partial charge in [-0.15, -0.1) is 0 Å². The summed E-state index contributed by atoms with van der Waals surface area (Å²) >= 11 is 0. The number of hydrogen-bond acceptors (Lipinski definition) is 9. The van der Waals surface area contributed by atoms with E-state index in [1.807, 2.05) is 97.1 Å². The van der Waals surface area contributed by atoms with Crippen molar-refractivity contribution in [1.82, 2.24) is 10.6 Å². The van der Waals surface area contributed by atoms with Crippen LogP contribution in [0.1, 0.15) is 102 Å². The molecule has 11 nitrogen and oxygen atoms in total. The third-order valence-corrected chi connectivity index (χ3v) is 11.8. The lowest BCUT2D eigenvalue weighted by Gasteiger charge is -2.51. The van der Waals surface area contributed by atoms with Gasteiger partial charge in [-0.25, -0.2) is 4.79 Å². The molecule has 0 aliphatic carbocycles. The molecule has 1 heterocycles. The highest BCUT2D eigenvalue weighted by molar-refractivity contribution is 5.93. The number of benzene rings is 4. The van der Waals surface area contributed by atoms with Gasteiger partial charge < -0.3 is 34.3 Å². The molecule has 338 valence electrons. The number of nitrogens with one attached hydrogen (secondary N) is 2. The van der Waals surface area contributed by atoms with Crippen molar-refractivity contribution in [3.8, 4) is 0 Å². The van der Waals surface area contributed by atoms with Gasteiger partial charge in [0.05, 0.1) is 43.0 Å². The lowest BCUT2D eigenvalue weighted by molar-refractivity contribution is -0.273. The maximum Gasteiger partial charge on any atom is 0.408 e. The first-order chi connectivity index (χ1) is 30.5. The Bertz CT molecular complexity index is 1980. The molecule has 0 bridgehead atoms. The van der Waals surface area contributed by atoms with E-state index >= 15 is 0 Å². The van der Waals surface area contributed by atoms with Crippen molar-refractivity contribution in [2.45, 2.75) is 142 Å². The quantitative estimate of drug-likeness (QED) is 0.0521. The minimum Gasteiger partial charge on any atom is -0.461 e. The van der Waals surface area contributed by atoms with E-state index in [0.717, 1.165) is 41.5 Å². The SMILES string of the molecule is CC[C@H]1O[C@@](C)(CCCCC[C@H](NC(=O)OCc2ccccc2)C(=O)N[C@@H](C)C(=O)C[C@@H](C)C(=O)OCc2ccccc2)[C@H](OCc2ccccc2)[C@@H](OCc2ccccc2)[C@H]1C. The van der Waals surface area contributed by atoms with Crippen molar-refractivity contribution in [3.63, 3.8) is 0 Å². The van der Waals surface area contributed by atoms with Gasteiger partial charge in [-0.1, -0.05) is 161 Å². The van der Waals surface area contributed by atoms with Crippen LogP contribution in [0.5, 0.6) is 0 Å². The van der Waals surface area contributed by atoms with E-state index < -0.39 is 41.6 Å². The maximum atomic E-state index is 13.8. The first kappa shape index (κ1) is 48.7. The first-order valence-corrected chi connectivity index (χ1v) is 22.5. The van der Waals surface area contributed by atoms with Crippen LogP contribution in [-0.4, -0.2) is 59.7 Å². The largest absolute Gasteiger partial charge is 0.461 e. The zero-order chi connectivity index (χ0) is 45.0. The first-order valence-electron chi connectivity index (χ1n) is 22.5. The standard InChI is InChI=1S/C52H66N2O9/c1-6-46-38(3)47(59-33-40-22-12-7-13-23-40)48(60-34-41-24-14-8-15-25-41)52(5,63-46)31-21-11-20-30-44(54-51(58)62-36-43-28-18-10-19-29-43)49(56)53-39(4)45(55)32-37(2)50(57)61-35-42-26-16-9-17-27-42/h7-10,12-19,22-29,37-39,44,46-48H,6,11,20-21,30-36H2,1-5H3,(H,53,56)(H,54,58)/t37-,38+,39+,44+,46-,47+,48-,52+/m1/s1. The molecule has 1 saturated heterocycles. The molecule has 1 aliphatic rings. The fourth-order valence-electron chi connectivity index (χ4n) is 8.05. The topological polar surface area (TPSA) is 138 Å². The molecule has 0 aromatic heterocycles. The highest BCUT2D eigenvalue weighted by atomic mass is 16.6. The minimum absolute atomic E-state index is 0.0286. The Hall–Kier alpha value is -5.36. The van der Waals surface area contributed by atoms with E-state index in [-0.39, 0.29) is 49.6 Å². The second-order valence-corrected chi connectivity index (χ2v) is 17.0. The highest BCUT2D eigenvalue weighted by Crippen LogP contribution is 2.41. The third kappa shape index (κ3) is 15.4. The van der Waals surface area contributed by atoms with Crippen molar-refractivity contribution in [2.75, 3.05) is 0 Å². The molecule has 1 aliphatic heterocycles. The van der Waals surface area contributed by atoms with Crippen LogP contribution in [0.2, 0.25) is 0 Å². The van der Waals surface area contributed by atoms with Crippen molar-refractivity contribution in [3.05, 3.63) is 144 Å². The van der Waals surface area contributed by atoms with Gasteiger partial charge in [0.15, 0.2) is 5.78 Å². The van der Waals surface area contributed by atoms with Gasteiger partial charge in [0.25, 0.3) is 0 Å². The fraction of sp³-hybridized carbons (Fsp3) is 0.462. The average Bonchev–Trinajstić information content (AvgIpc) is 3.30. The lowest BCUT2D eigenvalue weighted by Crippen LogP contribution is -2.61. The maximum absolute atomic E-state index is 13.8. The van der Waals surface area contributed by atoms with Gasteiger partial charge in [0.1, 0.15) is 25.4 Å². The number of unbranched alkanes of at least 4 members (excludes halogenated alkanes) is 2. The Kier molecular flexibility index (Phi) is 19.4. The summed E-state index contributed by atoms with van der Waals surface area (Å²) in [6.07, 6.45) is 2.45. The lowest BCUT2D eigenvalue weighted by atomic mass is 9.78. The molecule has 0 spiro atoms. The van der Waals surface area contributed by atoms with E-state index in [4.69, 9.17) is 23.7 Å². The fourth-order valence-corrected chi connectivity index (χ4v) is 8.05. The van der Waals surface area contributed by atoms with E-state index in [9.17, 15) is 19.2 Å². The minimum atomic E-state index is -0.971. The molecule has 5 rings (SSSR count). The smallest absolute Gasteiger partial charge is 0.408 e. The van der Waals surface area contributed by atoms with Crippen molar-refractivity contribution >= 4 is 23.8 Å². The molecule has 0 saturated carbocycles. The summed E-state index contributed by atoms with van der Waals surface area (Å²) in [4.78, 5) is 52.8. The number of amides is 2. The molecule has 2 N–H and O–H groups in total. The molecule has 11 heteroatoms. The van der Waals surface area contributed by atoms with Crippen LogP contribution in [0.15, 0.2) is 121 Å². The normalized spacial score (nSPS) is 21.0. The van der Waals surface area contributed by atoms with Crippen LogP contribution in [-0.2, 0) is 64.5 Å². The second-order valence-electron chi connectivity index (χ2n) is 17.0. The van der Waals surface area contributed by atoms with Crippen molar-refractivity contribution in [2.24, 2.45) is 11.8 Å². The molecular formula is C52H66N2O9. The molecule has 8 atom stereocenters. The Labute approximate surface area is 373 Å². The number of ether oxygens (including phenoxy) is 5. The van der Waals surface area contributed by atoms with Crippen LogP contribution in [0.4, 0.5) is 4.79 Å². The summed E-state index contributed by atoms with van der Waals surface area (Å²) in [7, 11) is 0. The van der Waals surface area contributed by atoms with E-state index in [2.05, 4.69) is 55.7 Å². The van der Waals surface area contributed by atoms with Gasteiger partial charge in [0, 0.05) is 12.3 Å². The van der Waals surface area contributed by atoms with E-state index in [1.165, 1.54) is 0 Å². The Morgan fingerprint density at radius 1 is 0.667 bits per heavy atom. The van der Waals surface area contributed by atoms with Gasteiger partial charge in [-0.2, -0.15) is 0 Å². The third-order valence-electron chi connectivity index (χ3n) is 11.8. The molecule has 63 heavy (non-hydrogen) atoms. The van der Waals surface area contributed by atoms with Gasteiger partial charge in [-0.05, 0) is 55.4 Å². The second kappa shape index (κ2) is 25.1. The number of esters is 1. The summed E-state index contributed by atoms with van der Waals surface area (Å²) in [6, 6.07) is 37.0. The Morgan fingerprint density at radius 3 is 1.71 bits per heavy atom. The molecule has 0 unspecified atom stereocenters. The zero-order valence-electron chi connectivity index (χ0n) is 37.5. The van der Waals surface area contributed by atoms with Crippen LogP contribution < -0.4 is 10.6 Å². The van der Waals surface area contributed by atoms with Crippen molar-refractivity contribution in [1.29, 1.82) is 0 Å². The number of Topliss-reactive ketones (excluding diaryl/α,β-unsaturated/α-hetero) is 1. The Morgan fingerprint density at radius 2 is 1.17 bits per heavy atom. The van der Waals surface area contributed by atoms with E-state index in [1.54, 1.807) is 13.8 Å². The van der Waals surface area contributed by atoms with Crippen LogP contribution >= 0.6 is 0 Å². The van der Waals surface area contributed by atoms with Gasteiger partial charge >= 0.3 is 12.1 Å².